The number of hydrogen-bond donors (Lipinski definition) is 0. The van der Waals surface area contributed by atoms with Crippen molar-refractivity contribution in [3.8, 4) is 0 Å². The van der Waals surface area contributed by atoms with Gasteiger partial charge in [0.2, 0.25) is 0 Å². The van der Waals surface area contributed by atoms with E-state index >= 15 is 0 Å². The van der Waals surface area contributed by atoms with E-state index in [9.17, 15) is 13.6 Å². The molecule has 0 unspecified atom stereocenters. The third-order valence-electron chi connectivity index (χ3n) is 3.19. The Morgan fingerprint density at radius 3 is 2.57 bits per heavy atom. The number of hydrogen-bond acceptors (Lipinski definition) is 2. The molecule has 2 aromatic carbocycles. The molecule has 1 aliphatic heterocycles. The number of thioether (sulfide) groups is 1. The Hall–Kier alpha value is -1.40. The summed E-state index contributed by atoms with van der Waals surface area (Å²) < 4.78 is 28.2. The number of amides is 1. The number of para-hydroxylation sites is 1. The molecule has 3 rings (SSSR count). The van der Waals surface area contributed by atoms with Crippen molar-refractivity contribution < 1.29 is 13.6 Å². The molecule has 0 aliphatic carbocycles. The Morgan fingerprint density at radius 2 is 1.86 bits per heavy atom. The van der Waals surface area contributed by atoms with Crippen molar-refractivity contribution in [2.24, 2.45) is 0 Å². The normalized spacial score (nSPS) is 14.0. The van der Waals surface area contributed by atoms with Gasteiger partial charge in [-0.05, 0) is 24.3 Å². The molecule has 0 saturated carbocycles. The summed E-state index contributed by atoms with van der Waals surface area (Å²) >= 11 is 4.64. The van der Waals surface area contributed by atoms with E-state index in [2.05, 4.69) is 15.9 Å². The van der Waals surface area contributed by atoms with Crippen molar-refractivity contribution in [1.29, 1.82) is 0 Å². The zero-order valence-electron chi connectivity index (χ0n) is 10.8. The Morgan fingerprint density at radius 1 is 1.19 bits per heavy atom. The lowest BCUT2D eigenvalue weighted by Crippen LogP contribution is -2.36. The van der Waals surface area contributed by atoms with Gasteiger partial charge in [0, 0.05) is 21.7 Å². The third kappa shape index (κ3) is 2.70. The first-order chi connectivity index (χ1) is 10.1. The molecule has 0 spiro atoms. The van der Waals surface area contributed by atoms with Crippen molar-refractivity contribution in [2.45, 2.75) is 4.90 Å². The van der Waals surface area contributed by atoms with Crippen LogP contribution in [-0.4, -0.2) is 18.2 Å². The molecule has 1 heterocycles. The van der Waals surface area contributed by atoms with Gasteiger partial charge >= 0.3 is 0 Å². The average molecular weight is 370 g/mol. The first-order valence-electron chi connectivity index (χ1n) is 6.26. The van der Waals surface area contributed by atoms with Gasteiger partial charge in [0.15, 0.2) is 0 Å². The number of anilines is 1. The molecule has 0 saturated heterocycles. The highest BCUT2D eigenvalue weighted by molar-refractivity contribution is 9.10. The fourth-order valence-electron chi connectivity index (χ4n) is 2.26. The minimum atomic E-state index is -0.859. The number of rotatable bonds is 1. The van der Waals surface area contributed by atoms with E-state index in [-0.39, 0.29) is 4.47 Å². The lowest BCUT2D eigenvalue weighted by molar-refractivity contribution is 0.0979. The van der Waals surface area contributed by atoms with E-state index in [0.717, 1.165) is 17.0 Å². The molecule has 108 valence electrons. The highest BCUT2D eigenvalue weighted by Crippen LogP contribution is 2.35. The van der Waals surface area contributed by atoms with E-state index in [4.69, 9.17) is 0 Å². The van der Waals surface area contributed by atoms with E-state index < -0.39 is 23.1 Å². The van der Waals surface area contributed by atoms with Gasteiger partial charge in [-0.15, -0.1) is 11.8 Å². The van der Waals surface area contributed by atoms with E-state index in [0.29, 0.717) is 18.0 Å². The van der Waals surface area contributed by atoms with Gasteiger partial charge in [0.25, 0.3) is 5.91 Å². The van der Waals surface area contributed by atoms with Crippen LogP contribution in [0.1, 0.15) is 10.4 Å². The number of fused-ring (bicyclic) bond motifs is 1. The van der Waals surface area contributed by atoms with Crippen LogP contribution in [0.5, 0.6) is 0 Å². The summed E-state index contributed by atoms with van der Waals surface area (Å²) in [6.45, 7) is 0.426. The van der Waals surface area contributed by atoms with Gasteiger partial charge in [-0.1, -0.05) is 28.1 Å². The molecule has 0 bridgehead atoms. The Bertz CT molecular complexity index is 700. The number of benzene rings is 2. The number of nitrogens with zero attached hydrogens (tertiary/aromatic N) is 1. The predicted octanol–water partition coefficient (Wildman–Crippen LogP) is 4.48. The first kappa shape index (κ1) is 14.5. The Labute approximate surface area is 133 Å². The van der Waals surface area contributed by atoms with Crippen molar-refractivity contribution >= 4 is 39.3 Å². The third-order valence-corrected chi connectivity index (χ3v) is 4.70. The summed E-state index contributed by atoms with van der Waals surface area (Å²) in [5.41, 5.74) is 0.181. The lowest BCUT2D eigenvalue weighted by atomic mass is 10.1. The van der Waals surface area contributed by atoms with Gasteiger partial charge < -0.3 is 4.90 Å². The SMILES string of the molecule is O=C(c1c(F)cc(Br)cc1F)N1CCSc2ccccc21. The quantitative estimate of drug-likeness (QED) is 0.738. The van der Waals surface area contributed by atoms with E-state index in [1.54, 1.807) is 23.9 Å². The maximum atomic E-state index is 14.0. The van der Waals surface area contributed by atoms with Crippen LogP contribution in [0.2, 0.25) is 0 Å². The molecule has 0 aromatic heterocycles. The maximum Gasteiger partial charge on any atom is 0.264 e. The topological polar surface area (TPSA) is 20.3 Å². The molecule has 2 nitrogen and oxygen atoms in total. The molecule has 6 heteroatoms. The summed E-state index contributed by atoms with van der Waals surface area (Å²) in [5.74, 6) is -1.67. The molecule has 2 aromatic rings. The van der Waals surface area contributed by atoms with Crippen LogP contribution < -0.4 is 4.90 Å². The van der Waals surface area contributed by atoms with Gasteiger partial charge in [-0.3, -0.25) is 4.79 Å². The van der Waals surface area contributed by atoms with Gasteiger partial charge in [0.05, 0.1) is 5.69 Å². The van der Waals surface area contributed by atoms with Crippen LogP contribution in [-0.2, 0) is 0 Å². The molecule has 1 amide bonds. The van der Waals surface area contributed by atoms with Crippen LogP contribution in [0.25, 0.3) is 0 Å². The van der Waals surface area contributed by atoms with Gasteiger partial charge in [0.1, 0.15) is 17.2 Å². The second-order valence-corrected chi connectivity index (χ2v) is 6.57. The molecule has 21 heavy (non-hydrogen) atoms. The van der Waals surface area contributed by atoms with Gasteiger partial charge in [-0.25, -0.2) is 8.78 Å². The maximum absolute atomic E-state index is 14.0. The second kappa shape index (κ2) is 5.77. The lowest BCUT2D eigenvalue weighted by Gasteiger charge is -2.29. The van der Waals surface area contributed by atoms with Crippen LogP contribution in [0, 0.1) is 11.6 Å². The standard InChI is InChI=1S/C15H10BrF2NOS/c16-9-7-10(17)14(11(18)8-9)15(20)19-5-6-21-13-4-2-1-3-12(13)19/h1-4,7-8H,5-6H2. The molecule has 1 aliphatic rings. The summed E-state index contributed by atoms with van der Waals surface area (Å²) in [7, 11) is 0. The summed E-state index contributed by atoms with van der Waals surface area (Å²) in [5, 5.41) is 0. The largest absolute Gasteiger partial charge is 0.306 e. The fourth-order valence-corrected chi connectivity index (χ4v) is 3.66. The second-order valence-electron chi connectivity index (χ2n) is 4.52. The zero-order valence-corrected chi connectivity index (χ0v) is 13.2. The van der Waals surface area contributed by atoms with Crippen molar-refractivity contribution in [2.75, 3.05) is 17.2 Å². The minimum Gasteiger partial charge on any atom is -0.306 e. The minimum absolute atomic E-state index is 0.267. The van der Waals surface area contributed by atoms with Crippen LogP contribution in [0.4, 0.5) is 14.5 Å². The van der Waals surface area contributed by atoms with E-state index in [1.807, 2.05) is 12.1 Å². The molecular weight excluding hydrogens is 360 g/mol. The summed E-state index contributed by atoms with van der Waals surface area (Å²) in [4.78, 5) is 14.9. The molecule has 0 fully saturated rings. The Kier molecular flexibility index (Phi) is 3.99. The molecule has 0 radical (unpaired) electrons. The molecular formula is C15H10BrF2NOS. The summed E-state index contributed by atoms with van der Waals surface area (Å²) in [6.07, 6.45) is 0. The van der Waals surface area contributed by atoms with Crippen LogP contribution in [0.3, 0.4) is 0 Å². The predicted molar refractivity (Wildman–Crippen MR) is 82.9 cm³/mol. The van der Waals surface area contributed by atoms with Crippen molar-refractivity contribution in [3.05, 3.63) is 58.1 Å². The molecule has 0 atom stereocenters. The number of halogens is 3. The highest BCUT2D eigenvalue weighted by Gasteiger charge is 2.28. The summed E-state index contributed by atoms with van der Waals surface area (Å²) in [6, 6.07) is 9.56. The van der Waals surface area contributed by atoms with Crippen molar-refractivity contribution in [1.82, 2.24) is 0 Å². The van der Waals surface area contributed by atoms with Crippen molar-refractivity contribution in [3.63, 3.8) is 0 Å². The highest BCUT2D eigenvalue weighted by atomic mass is 79.9. The average Bonchev–Trinajstić information content (AvgIpc) is 2.45. The first-order valence-corrected chi connectivity index (χ1v) is 8.04. The number of carbonyl (C=O) groups excluding carboxylic acids is 1. The Balaban J connectivity index is 2.05. The van der Waals surface area contributed by atoms with Crippen LogP contribution in [0.15, 0.2) is 45.8 Å². The monoisotopic (exact) mass is 369 g/mol. The number of carbonyl (C=O) groups is 1. The van der Waals surface area contributed by atoms with E-state index in [1.165, 1.54) is 4.90 Å². The van der Waals surface area contributed by atoms with Crippen LogP contribution >= 0.6 is 27.7 Å². The molecule has 0 N–H and O–H groups in total. The zero-order chi connectivity index (χ0) is 15.0. The fraction of sp³-hybridized carbons (Fsp3) is 0.133. The van der Waals surface area contributed by atoms with Gasteiger partial charge in [-0.2, -0.15) is 0 Å². The smallest absolute Gasteiger partial charge is 0.264 e.